The Balaban J connectivity index is 2.21. The standard InChI is InChI=1S/C23H27NO4S/c1-7-28-22(27)19-14(2)20(15(3)25)29-21(19)24-18(26)13-10-16-8-11-17(12-9-16)23(4,5)6/h8-13H,7H2,1-6H3,(H,24,26)/b13-10-. The minimum atomic E-state index is -0.550. The van der Waals surface area contributed by atoms with Crippen molar-refractivity contribution < 1.29 is 19.1 Å². The minimum Gasteiger partial charge on any atom is -0.462 e. The molecule has 2 rings (SSSR count). The molecule has 154 valence electrons. The first-order valence-electron chi connectivity index (χ1n) is 9.45. The van der Waals surface area contributed by atoms with Gasteiger partial charge in [-0.3, -0.25) is 9.59 Å². The van der Waals surface area contributed by atoms with Gasteiger partial charge in [-0.15, -0.1) is 11.3 Å². The molecule has 1 N–H and O–H groups in total. The molecule has 0 aliphatic carbocycles. The summed E-state index contributed by atoms with van der Waals surface area (Å²) in [5.74, 6) is -1.09. The smallest absolute Gasteiger partial charge is 0.341 e. The van der Waals surface area contributed by atoms with Crippen molar-refractivity contribution in [3.05, 3.63) is 57.5 Å². The van der Waals surface area contributed by atoms with Crippen LogP contribution in [0.1, 0.15) is 71.3 Å². The molecular formula is C23H27NO4S. The fourth-order valence-electron chi connectivity index (χ4n) is 2.81. The highest BCUT2D eigenvalue weighted by atomic mass is 32.1. The SMILES string of the molecule is CCOC(=O)c1c(NC(=O)/C=C\c2ccc(C(C)(C)C)cc2)sc(C(C)=O)c1C. The van der Waals surface area contributed by atoms with Crippen LogP contribution >= 0.6 is 11.3 Å². The molecule has 0 spiro atoms. The summed E-state index contributed by atoms with van der Waals surface area (Å²) in [6.07, 6.45) is 3.11. The van der Waals surface area contributed by atoms with E-state index in [0.29, 0.717) is 15.4 Å². The van der Waals surface area contributed by atoms with E-state index in [-0.39, 0.29) is 29.3 Å². The highest BCUT2D eigenvalue weighted by Crippen LogP contribution is 2.34. The molecule has 0 atom stereocenters. The third-order valence-corrected chi connectivity index (χ3v) is 5.69. The highest BCUT2D eigenvalue weighted by molar-refractivity contribution is 7.18. The van der Waals surface area contributed by atoms with E-state index in [9.17, 15) is 14.4 Å². The predicted octanol–water partition coefficient (Wildman–Crippen LogP) is 5.39. The van der Waals surface area contributed by atoms with Gasteiger partial charge in [0.1, 0.15) is 5.00 Å². The number of carbonyl (C=O) groups excluding carboxylic acids is 3. The third kappa shape index (κ3) is 5.64. The van der Waals surface area contributed by atoms with Gasteiger partial charge in [-0.25, -0.2) is 4.79 Å². The lowest BCUT2D eigenvalue weighted by Gasteiger charge is -2.18. The third-order valence-electron chi connectivity index (χ3n) is 4.39. The second-order valence-corrected chi connectivity index (χ2v) is 8.75. The Morgan fingerprint density at radius 1 is 1.14 bits per heavy atom. The fourth-order valence-corrected chi connectivity index (χ4v) is 3.90. The maximum Gasteiger partial charge on any atom is 0.341 e. The quantitative estimate of drug-likeness (QED) is 0.392. The van der Waals surface area contributed by atoms with Crippen molar-refractivity contribution in [2.75, 3.05) is 11.9 Å². The van der Waals surface area contributed by atoms with Gasteiger partial charge in [0, 0.05) is 6.08 Å². The van der Waals surface area contributed by atoms with Gasteiger partial charge in [0.05, 0.1) is 17.0 Å². The van der Waals surface area contributed by atoms with Gasteiger partial charge in [-0.2, -0.15) is 0 Å². The van der Waals surface area contributed by atoms with E-state index in [4.69, 9.17) is 4.74 Å². The first-order valence-corrected chi connectivity index (χ1v) is 10.3. The molecule has 0 aliphatic rings. The number of hydrogen-bond acceptors (Lipinski definition) is 5. The molecule has 0 aliphatic heterocycles. The van der Waals surface area contributed by atoms with Crippen LogP contribution in [0.4, 0.5) is 5.00 Å². The number of benzene rings is 1. The maximum atomic E-state index is 12.4. The average molecular weight is 414 g/mol. The molecule has 0 fully saturated rings. The number of ether oxygens (including phenoxy) is 1. The van der Waals surface area contributed by atoms with Gasteiger partial charge < -0.3 is 10.1 Å². The van der Waals surface area contributed by atoms with Gasteiger partial charge in [-0.05, 0) is 49.0 Å². The summed E-state index contributed by atoms with van der Waals surface area (Å²) in [4.78, 5) is 37.0. The Morgan fingerprint density at radius 2 is 1.76 bits per heavy atom. The Morgan fingerprint density at radius 3 is 2.28 bits per heavy atom. The van der Waals surface area contributed by atoms with Gasteiger partial charge in [0.2, 0.25) is 5.91 Å². The average Bonchev–Trinajstić information content (AvgIpc) is 2.96. The molecule has 29 heavy (non-hydrogen) atoms. The molecule has 1 amide bonds. The van der Waals surface area contributed by atoms with E-state index in [2.05, 4.69) is 26.1 Å². The Kier molecular flexibility index (Phi) is 7.14. The van der Waals surface area contributed by atoms with Crippen LogP contribution in [0, 0.1) is 6.92 Å². The van der Waals surface area contributed by atoms with E-state index < -0.39 is 5.97 Å². The second-order valence-electron chi connectivity index (χ2n) is 7.73. The van der Waals surface area contributed by atoms with Crippen molar-refractivity contribution in [3.8, 4) is 0 Å². The van der Waals surface area contributed by atoms with E-state index in [0.717, 1.165) is 16.9 Å². The minimum absolute atomic E-state index is 0.0641. The lowest BCUT2D eigenvalue weighted by atomic mass is 9.87. The van der Waals surface area contributed by atoms with Crippen molar-refractivity contribution >= 4 is 40.1 Å². The number of hydrogen-bond donors (Lipinski definition) is 1. The zero-order valence-electron chi connectivity index (χ0n) is 17.7. The molecular weight excluding hydrogens is 386 g/mol. The summed E-state index contributed by atoms with van der Waals surface area (Å²) in [5, 5.41) is 3.03. The van der Waals surface area contributed by atoms with Crippen molar-refractivity contribution in [1.82, 2.24) is 0 Å². The van der Waals surface area contributed by atoms with Crippen LogP contribution in [0.25, 0.3) is 6.08 Å². The fraction of sp³-hybridized carbons (Fsp3) is 0.348. The van der Waals surface area contributed by atoms with Crippen LogP contribution in [-0.4, -0.2) is 24.3 Å². The lowest BCUT2D eigenvalue weighted by Crippen LogP contribution is -2.12. The summed E-state index contributed by atoms with van der Waals surface area (Å²) >= 11 is 1.09. The number of thiophene rings is 1. The Hall–Kier alpha value is -2.73. The molecule has 0 unspecified atom stereocenters. The normalized spacial score (nSPS) is 11.5. The second kappa shape index (κ2) is 9.18. The summed E-state index contributed by atoms with van der Waals surface area (Å²) < 4.78 is 5.08. The Bertz CT molecular complexity index is 946. The van der Waals surface area contributed by atoms with Gasteiger partial charge in [0.15, 0.2) is 5.78 Å². The molecule has 0 radical (unpaired) electrons. The predicted molar refractivity (Wildman–Crippen MR) is 118 cm³/mol. The van der Waals surface area contributed by atoms with Crippen LogP contribution in [0.5, 0.6) is 0 Å². The molecule has 5 nitrogen and oxygen atoms in total. The van der Waals surface area contributed by atoms with E-state index >= 15 is 0 Å². The lowest BCUT2D eigenvalue weighted by molar-refractivity contribution is -0.111. The van der Waals surface area contributed by atoms with E-state index in [1.165, 1.54) is 18.6 Å². The largest absolute Gasteiger partial charge is 0.462 e. The zero-order valence-corrected chi connectivity index (χ0v) is 18.5. The van der Waals surface area contributed by atoms with Crippen molar-refractivity contribution in [1.29, 1.82) is 0 Å². The van der Waals surface area contributed by atoms with Crippen LogP contribution in [0.3, 0.4) is 0 Å². The van der Waals surface area contributed by atoms with Gasteiger partial charge in [0.25, 0.3) is 0 Å². The zero-order chi connectivity index (χ0) is 21.8. The molecule has 0 saturated carbocycles. The number of anilines is 1. The summed E-state index contributed by atoms with van der Waals surface area (Å²) in [6.45, 7) is 11.5. The topological polar surface area (TPSA) is 72.5 Å². The van der Waals surface area contributed by atoms with E-state index in [1.54, 1.807) is 19.9 Å². The van der Waals surface area contributed by atoms with Crippen molar-refractivity contribution in [2.45, 2.75) is 47.0 Å². The monoisotopic (exact) mass is 413 g/mol. The van der Waals surface area contributed by atoms with E-state index in [1.807, 2.05) is 24.3 Å². The number of amides is 1. The first kappa shape index (κ1) is 22.6. The summed E-state index contributed by atoms with van der Waals surface area (Å²) in [6, 6.07) is 7.99. The van der Waals surface area contributed by atoms with Crippen molar-refractivity contribution in [2.24, 2.45) is 0 Å². The number of esters is 1. The Labute approximate surface area is 175 Å². The van der Waals surface area contributed by atoms with Crippen LogP contribution in [0.2, 0.25) is 0 Å². The molecule has 6 heteroatoms. The molecule has 1 aromatic heterocycles. The number of carbonyl (C=O) groups is 3. The first-order chi connectivity index (χ1) is 13.5. The van der Waals surface area contributed by atoms with Crippen molar-refractivity contribution in [3.63, 3.8) is 0 Å². The maximum absolute atomic E-state index is 12.4. The number of rotatable bonds is 6. The summed E-state index contributed by atoms with van der Waals surface area (Å²) in [5.41, 5.74) is 2.93. The van der Waals surface area contributed by atoms with Crippen LogP contribution in [-0.2, 0) is 14.9 Å². The highest BCUT2D eigenvalue weighted by Gasteiger charge is 2.24. The molecule has 1 aromatic carbocycles. The van der Waals surface area contributed by atoms with Gasteiger partial charge in [-0.1, -0.05) is 45.0 Å². The number of ketones is 1. The molecule has 0 bridgehead atoms. The van der Waals surface area contributed by atoms with Gasteiger partial charge >= 0.3 is 5.97 Å². The van der Waals surface area contributed by atoms with Crippen LogP contribution < -0.4 is 5.32 Å². The van der Waals surface area contributed by atoms with Crippen LogP contribution in [0.15, 0.2) is 30.3 Å². The number of nitrogens with one attached hydrogen (secondary N) is 1. The molecule has 0 saturated heterocycles. The summed E-state index contributed by atoms with van der Waals surface area (Å²) in [7, 11) is 0. The molecule has 1 heterocycles. The number of Topliss-reactive ketones (excluding diaryl/α,β-unsaturated/α-hetero) is 1. The molecule has 2 aromatic rings.